The Kier molecular flexibility index (Phi) is 5.25. The van der Waals surface area contributed by atoms with E-state index in [9.17, 15) is 4.79 Å². The number of fused-ring (bicyclic) bond motifs is 1. The van der Waals surface area contributed by atoms with Gasteiger partial charge in [0.1, 0.15) is 0 Å². The SMILES string of the molecule is CC1CCC(NC2CCC(n3nc4c(cc3=O)CCCC4)CC2)CC1. The van der Waals surface area contributed by atoms with Crippen LogP contribution >= 0.6 is 0 Å². The molecule has 2 fully saturated rings. The largest absolute Gasteiger partial charge is 0.311 e. The summed E-state index contributed by atoms with van der Waals surface area (Å²) >= 11 is 0. The van der Waals surface area contributed by atoms with Gasteiger partial charge in [0.25, 0.3) is 5.56 Å². The van der Waals surface area contributed by atoms with E-state index in [0.717, 1.165) is 37.6 Å². The molecule has 3 aliphatic rings. The fourth-order valence-electron chi connectivity index (χ4n) is 5.09. The van der Waals surface area contributed by atoms with Gasteiger partial charge in [-0.05, 0) is 88.5 Å². The van der Waals surface area contributed by atoms with Crippen LogP contribution in [0.4, 0.5) is 0 Å². The lowest BCUT2D eigenvalue weighted by atomic mass is 9.85. The third kappa shape index (κ3) is 3.99. The van der Waals surface area contributed by atoms with Crippen LogP contribution in [0.2, 0.25) is 0 Å². The summed E-state index contributed by atoms with van der Waals surface area (Å²) in [5.74, 6) is 0.913. The van der Waals surface area contributed by atoms with Crippen molar-refractivity contribution in [1.82, 2.24) is 15.1 Å². The monoisotopic (exact) mass is 343 g/mol. The third-order valence-electron chi connectivity index (χ3n) is 6.76. The number of nitrogens with zero attached hydrogens (tertiary/aromatic N) is 2. The van der Waals surface area contributed by atoms with E-state index in [0.29, 0.717) is 12.1 Å². The Labute approximate surface area is 151 Å². The number of aryl methyl sites for hydroxylation is 2. The van der Waals surface area contributed by atoms with Crippen LogP contribution in [0.3, 0.4) is 0 Å². The maximum absolute atomic E-state index is 12.5. The summed E-state index contributed by atoms with van der Waals surface area (Å²) < 4.78 is 1.82. The summed E-state index contributed by atoms with van der Waals surface area (Å²) in [5, 5.41) is 8.68. The first kappa shape index (κ1) is 17.3. The molecule has 0 unspecified atom stereocenters. The molecule has 0 amide bonds. The molecule has 4 rings (SSSR count). The van der Waals surface area contributed by atoms with Crippen LogP contribution in [0.1, 0.15) is 88.4 Å². The van der Waals surface area contributed by atoms with Crippen LogP contribution in [0.25, 0.3) is 0 Å². The molecule has 138 valence electrons. The number of nitrogens with one attached hydrogen (secondary N) is 1. The predicted molar refractivity (Wildman–Crippen MR) is 101 cm³/mol. The van der Waals surface area contributed by atoms with Crippen LogP contribution in [-0.4, -0.2) is 21.9 Å². The lowest BCUT2D eigenvalue weighted by Crippen LogP contribution is -2.43. The van der Waals surface area contributed by atoms with Gasteiger partial charge in [-0.25, -0.2) is 4.68 Å². The zero-order chi connectivity index (χ0) is 17.2. The van der Waals surface area contributed by atoms with E-state index in [2.05, 4.69) is 12.2 Å². The first-order chi connectivity index (χ1) is 12.2. The van der Waals surface area contributed by atoms with Gasteiger partial charge in [0.15, 0.2) is 0 Å². The average Bonchev–Trinajstić information content (AvgIpc) is 2.64. The summed E-state index contributed by atoms with van der Waals surface area (Å²) in [7, 11) is 0. The zero-order valence-corrected chi connectivity index (χ0v) is 15.7. The van der Waals surface area contributed by atoms with Gasteiger partial charge >= 0.3 is 0 Å². The number of hydrogen-bond donors (Lipinski definition) is 1. The highest BCUT2D eigenvalue weighted by Gasteiger charge is 2.27. The molecule has 0 atom stereocenters. The van der Waals surface area contributed by atoms with Gasteiger partial charge in [-0.1, -0.05) is 6.92 Å². The van der Waals surface area contributed by atoms with Crippen molar-refractivity contribution in [3.8, 4) is 0 Å². The number of rotatable bonds is 3. The van der Waals surface area contributed by atoms with Crippen molar-refractivity contribution >= 4 is 0 Å². The molecule has 4 nitrogen and oxygen atoms in total. The maximum Gasteiger partial charge on any atom is 0.267 e. The molecule has 1 aromatic heterocycles. The van der Waals surface area contributed by atoms with E-state index in [4.69, 9.17) is 5.10 Å². The molecule has 25 heavy (non-hydrogen) atoms. The predicted octanol–water partition coefficient (Wildman–Crippen LogP) is 3.77. The van der Waals surface area contributed by atoms with Gasteiger partial charge in [-0.3, -0.25) is 4.79 Å². The van der Waals surface area contributed by atoms with Gasteiger partial charge in [0.05, 0.1) is 11.7 Å². The Bertz CT molecular complexity index is 637. The minimum Gasteiger partial charge on any atom is -0.311 e. The highest BCUT2D eigenvalue weighted by Crippen LogP contribution is 2.30. The molecular formula is C21H33N3O. The standard InChI is InChI=1S/C21H33N3O/c1-15-6-8-17(9-7-15)22-18-10-12-19(13-11-18)24-21(25)14-16-4-2-3-5-20(16)23-24/h14-15,17-19,22H,2-13H2,1H3. The summed E-state index contributed by atoms with van der Waals surface area (Å²) in [6.45, 7) is 2.38. The van der Waals surface area contributed by atoms with Gasteiger partial charge in [-0.15, -0.1) is 0 Å². The first-order valence-corrected chi connectivity index (χ1v) is 10.6. The normalized spacial score (nSPS) is 33.0. The average molecular weight is 344 g/mol. The van der Waals surface area contributed by atoms with E-state index >= 15 is 0 Å². The van der Waals surface area contributed by atoms with E-state index in [1.54, 1.807) is 0 Å². The fraction of sp³-hybridized carbons (Fsp3) is 0.810. The van der Waals surface area contributed by atoms with Crippen LogP contribution in [-0.2, 0) is 12.8 Å². The maximum atomic E-state index is 12.5. The molecule has 3 aliphatic carbocycles. The van der Waals surface area contributed by atoms with E-state index in [1.165, 1.54) is 62.6 Å². The second kappa shape index (κ2) is 7.61. The molecule has 0 aliphatic heterocycles. The molecule has 2 saturated carbocycles. The lowest BCUT2D eigenvalue weighted by Gasteiger charge is -2.35. The van der Waals surface area contributed by atoms with Crippen molar-refractivity contribution in [2.75, 3.05) is 0 Å². The Morgan fingerprint density at radius 1 is 0.960 bits per heavy atom. The summed E-state index contributed by atoms with van der Waals surface area (Å²) in [6, 6.07) is 3.55. The second-order valence-corrected chi connectivity index (χ2v) is 8.74. The molecule has 0 spiro atoms. The van der Waals surface area contributed by atoms with Crippen molar-refractivity contribution < 1.29 is 0 Å². The quantitative estimate of drug-likeness (QED) is 0.909. The van der Waals surface area contributed by atoms with Gasteiger partial charge in [-0.2, -0.15) is 5.10 Å². The Hall–Kier alpha value is -1.16. The Morgan fingerprint density at radius 3 is 2.32 bits per heavy atom. The van der Waals surface area contributed by atoms with Gasteiger partial charge < -0.3 is 5.32 Å². The number of aromatic nitrogens is 2. The van der Waals surface area contributed by atoms with E-state index < -0.39 is 0 Å². The fourth-order valence-corrected chi connectivity index (χ4v) is 5.09. The highest BCUT2D eigenvalue weighted by molar-refractivity contribution is 5.20. The van der Waals surface area contributed by atoms with Crippen molar-refractivity contribution in [2.45, 2.75) is 102 Å². The van der Waals surface area contributed by atoms with E-state index in [1.807, 2.05) is 10.7 Å². The molecular weight excluding hydrogens is 310 g/mol. The van der Waals surface area contributed by atoms with Crippen molar-refractivity contribution in [2.24, 2.45) is 5.92 Å². The topological polar surface area (TPSA) is 46.9 Å². The summed E-state index contributed by atoms with van der Waals surface area (Å²) in [5.41, 5.74) is 2.51. The number of hydrogen-bond acceptors (Lipinski definition) is 3. The van der Waals surface area contributed by atoms with Crippen LogP contribution in [0, 0.1) is 5.92 Å². The summed E-state index contributed by atoms with van der Waals surface area (Å²) in [4.78, 5) is 12.5. The van der Waals surface area contributed by atoms with Crippen LogP contribution < -0.4 is 10.9 Å². The van der Waals surface area contributed by atoms with Gasteiger partial charge in [0.2, 0.25) is 0 Å². The molecule has 0 bridgehead atoms. The molecule has 0 saturated heterocycles. The minimum absolute atomic E-state index is 0.123. The minimum atomic E-state index is 0.123. The molecule has 1 aromatic rings. The lowest BCUT2D eigenvalue weighted by molar-refractivity contribution is 0.225. The molecule has 0 aromatic carbocycles. The molecule has 4 heteroatoms. The molecule has 1 heterocycles. The zero-order valence-electron chi connectivity index (χ0n) is 15.7. The van der Waals surface area contributed by atoms with Crippen molar-refractivity contribution in [3.63, 3.8) is 0 Å². The molecule has 1 N–H and O–H groups in total. The van der Waals surface area contributed by atoms with E-state index in [-0.39, 0.29) is 5.56 Å². The van der Waals surface area contributed by atoms with Crippen molar-refractivity contribution in [3.05, 3.63) is 27.7 Å². The second-order valence-electron chi connectivity index (χ2n) is 8.74. The Balaban J connectivity index is 1.35. The molecule has 0 radical (unpaired) electrons. The third-order valence-corrected chi connectivity index (χ3v) is 6.76. The van der Waals surface area contributed by atoms with Crippen LogP contribution in [0.5, 0.6) is 0 Å². The van der Waals surface area contributed by atoms with Crippen molar-refractivity contribution in [1.29, 1.82) is 0 Å². The first-order valence-electron chi connectivity index (χ1n) is 10.6. The van der Waals surface area contributed by atoms with Gasteiger partial charge in [0, 0.05) is 18.2 Å². The smallest absolute Gasteiger partial charge is 0.267 e. The Morgan fingerprint density at radius 2 is 1.60 bits per heavy atom. The van der Waals surface area contributed by atoms with Crippen LogP contribution in [0.15, 0.2) is 10.9 Å². The highest BCUT2D eigenvalue weighted by atomic mass is 16.1. The summed E-state index contributed by atoms with van der Waals surface area (Å²) in [6.07, 6.45) is 14.5.